The third kappa shape index (κ3) is 2.34. The van der Waals surface area contributed by atoms with Crippen LogP contribution >= 0.6 is 0 Å². The van der Waals surface area contributed by atoms with Crippen LogP contribution in [0.15, 0.2) is 24.3 Å². The summed E-state index contributed by atoms with van der Waals surface area (Å²) in [6.07, 6.45) is 3.34. The van der Waals surface area contributed by atoms with Crippen molar-refractivity contribution in [1.82, 2.24) is 0 Å². The standard InChI is InChI=1S/C12H17NO/c1-14-9-11-4-2-3-10(7-11)8-12(13)5-6-12/h2-4,7H,5-6,8-9,13H2,1H3. The van der Waals surface area contributed by atoms with E-state index in [0.717, 1.165) is 6.42 Å². The van der Waals surface area contributed by atoms with Crippen LogP contribution in [0, 0.1) is 0 Å². The zero-order chi connectivity index (χ0) is 10.0. The van der Waals surface area contributed by atoms with E-state index in [1.807, 2.05) is 0 Å². The predicted molar refractivity (Wildman–Crippen MR) is 57.0 cm³/mol. The molecule has 1 aromatic rings. The first-order valence-electron chi connectivity index (χ1n) is 5.07. The Balaban J connectivity index is 2.06. The van der Waals surface area contributed by atoms with E-state index in [2.05, 4.69) is 24.3 Å². The molecule has 0 atom stereocenters. The molecule has 14 heavy (non-hydrogen) atoms. The third-order valence-electron chi connectivity index (χ3n) is 2.75. The van der Waals surface area contributed by atoms with Gasteiger partial charge in [-0.1, -0.05) is 24.3 Å². The highest BCUT2D eigenvalue weighted by Gasteiger charge is 2.37. The second-order valence-corrected chi connectivity index (χ2v) is 4.29. The summed E-state index contributed by atoms with van der Waals surface area (Å²) in [5, 5.41) is 0. The van der Waals surface area contributed by atoms with E-state index in [-0.39, 0.29) is 5.54 Å². The molecule has 0 aliphatic heterocycles. The van der Waals surface area contributed by atoms with Crippen LogP contribution in [-0.4, -0.2) is 12.6 Å². The first-order valence-corrected chi connectivity index (χ1v) is 5.07. The largest absolute Gasteiger partial charge is 0.380 e. The van der Waals surface area contributed by atoms with E-state index in [9.17, 15) is 0 Å². The molecule has 1 aliphatic rings. The van der Waals surface area contributed by atoms with Crippen LogP contribution in [0.3, 0.4) is 0 Å². The van der Waals surface area contributed by atoms with Crippen molar-refractivity contribution >= 4 is 0 Å². The van der Waals surface area contributed by atoms with Crippen LogP contribution in [0.25, 0.3) is 0 Å². The summed E-state index contributed by atoms with van der Waals surface area (Å²) in [5.74, 6) is 0. The van der Waals surface area contributed by atoms with Gasteiger partial charge in [-0.3, -0.25) is 0 Å². The van der Waals surface area contributed by atoms with Gasteiger partial charge >= 0.3 is 0 Å². The lowest BCUT2D eigenvalue weighted by Gasteiger charge is -2.09. The van der Waals surface area contributed by atoms with Gasteiger partial charge < -0.3 is 10.5 Å². The Hall–Kier alpha value is -0.860. The van der Waals surface area contributed by atoms with Crippen molar-refractivity contribution < 1.29 is 4.74 Å². The Bertz CT molecular complexity index is 318. The van der Waals surface area contributed by atoms with Crippen molar-refractivity contribution in [2.24, 2.45) is 5.73 Å². The molecular weight excluding hydrogens is 174 g/mol. The van der Waals surface area contributed by atoms with Gasteiger partial charge in [0.25, 0.3) is 0 Å². The van der Waals surface area contributed by atoms with Crippen LogP contribution in [0.1, 0.15) is 24.0 Å². The summed E-state index contributed by atoms with van der Waals surface area (Å²) in [7, 11) is 1.72. The zero-order valence-electron chi connectivity index (χ0n) is 8.62. The van der Waals surface area contributed by atoms with E-state index in [0.29, 0.717) is 6.61 Å². The second-order valence-electron chi connectivity index (χ2n) is 4.29. The Kier molecular flexibility index (Phi) is 2.57. The SMILES string of the molecule is COCc1cccc(CC2(N)CC2)c1. The number of hydrogen-bond donors (Lipinski definition) is 1. The van der Waals surface area contributed by atoms with Gasteiger partial charge in [0.1, 0.15) is 0 Å². The van der Waals surface area contributed by atoms with Gasteiger partial charge in [0.05, 0.1) is 6.61 Å². The van der Waals surface area contributed by atoms with Crippen LogP contribution in [0.5, 0.6) is 0 Å². The Morgan fingerprint density at radius 2 is 2.07 bits per heavy atom. The van der Waals surface area contributed by atoms with Gasteiger partial charge in [0.2, 0.25) is 0 Å². The predicted octanol–water partition coefficient (Wildman–Crippen LogP) is 1.87. The van der Waals surface area contributed by atoms with E-state index in [1.165, 1.54) is 24.0 Å². The number of ether oxygens (including phenoxy) is 1. The van der Waals surface area contributed by atoms with Crippen LogP contribution in [0.4, 0.5) is 0 Å². The average Bonchev–Trinajstić information content (AvgIpc) is 2.84. The summed E-state index contributed by atoms with van der Waals surface area (Å²) in [4.78, 5) is 0. The first-order chi connectivity index (χ1) is 6.72. The van der Waals surface area contributed by atoms with Crippen molar-refractivity contribution in [1.29, 1.82) is 0 Å². The highest BCUT2D eigenvalue weighted by Crippen LogP contribution is 2.35. The minimum Gasteiger partial charge on any atom is -0.380 e. The maximum Gasteiger partial charge on any atom is 0.0713 e. The number of nitrogens with two attached hydrogens (primary N) is 1. The van der Waals surface area contributed by atoms with Crippen LogP contribution < -0.4 is 5.73 Å². The lowest BCUT2D eigenvalue weighted by atomic mass is 10.0. The average molecular weight is 191 g/mol. The maximum absolute atomic E-state index is 6.07. The van der Waals surface area contributed by atoms with Crippen molar-refractivity contribution in [3.8, 4) is 0 Å². The van der Waals surface area contributed by atoms with Gasteiger partial charge in [-0.2, -0.15) is 0 Å². The molecule has 0 spiro atoms. The van der Waals surface area contributed by atoms with E-state index in [4.69, 9.17) is 10.5 Å². The number of methoxy groups -OCH3 is 1. The quantitative estimate of drug-likeness (QED) is 0.788. The van der Waals surface area contributed by atoms with E-state index < -0.39 is 0 Å². The van der Waals surface area contributed by atoms with Crippen LogP contribution in [-0.2, 0) is 17.8 Å². The van der Waals surface area contributed by atoms with Crippen molar-refractivity contribution in [2.75, 3.05) is 7.11 Å². The van der Waals surface area contributed by atoms with E-state index in [1.54, 1.807) is 7.11 Å². The monoisotopic (exact) mass is 191 g/mol. The summed E-state index contributed by atoms with van der Waals surface area (Å²) in [6.45, 7) is 0.686. The number of hydrogen-bond acceptors (Lipinski definition) is 2. The number of benzene rings is 1. The molecule has 0 unspecified atom stereocenters. The topological polar surface area (TPSA) is 35.2 Å². The van der Waals surface area contributed by atoms with Gasteiger partial charge in [0.15, 0.2) is 0 Å². The normalized spacial score (nSPS) is 18.1. The van der Waals surface area contributed by atoms with Gasteiger partial charge in [-0.25, -0.2) is 0 Å². The molecular formula is C12H17NO. The molecule has 0 saturated heterocycles. The fraction of sp³-hybridized carbons (Fsp3) is 0.500. The second kappa shape index (κ2) is 3.71. The Morgan fingerprint density at radius 1 is 1.36 bits per heavy atom. The molecule has 0 heterocycles. The molecule has 0 amide bonds. The van der Waals surface area contributed by atoms with Gasteiger partial charge in [0, 0.05) is 12.6 Å². The lowest BCUT2D eigenvalue weighted by Crippen LogP contribution is -2.24. The Labute approximate surface area is 85.1 Å². The zero-order valence-corrected chi connectivity index (χ0v) is 8.62. The highest BCUT2D eigenvalue weighted by atomic mass is 16.5. The third-order valence-corrected chi connectivity index (χ3v) is 2.75. The minimum atomic E-state index is 0.103. The molecule has 76 valence electrons. The molecule has 2 rings (SSSR count). The minimum absolute atomic E-state index is 0.103. The van der Waals surface area contributed by atoms with Crippen molar-refractivity contribution in [3.05, 3.63) is 35.4 Å². The summed E-state index contributed by atoms with van der Waals surface area (Å²) in [6, 6.07) is 8.50. The van der Waals surface area contributed by atoms with Gasteiger partial charge in [-0.05, 0) is 30.4 Å². The smallest absolute Gasteiger partial charge is 0.0713 e. The molecule has 1 saturated carbocycles. The first kappa shape index (κ1) is 9.69. The molecule has 1 fully saturated rings. The Morgan fingerprint density at radius 3 is 2.71 bits per heavy atom. The van der Waals surface area contributed by atoms with Crippen molar-refractivity contribution in [2.45, 2.75) is 31.4 Å². The molecule has 1 aliphatic carbocycles. The fourth-order valence-electron chi connectivity index (χ4n) is 1.74. The molecule has 2 heteroatoms. The number of rotatable bonds is 4. The van der Waals surface area contributed by atoms with Crippen LogP contribution in [0.2, 0.25) is 0 Å². The molecule has 2 nitrogen and oxygen atoms in total. The van der Waals surface area contributed by atoms with Crippen molar-refractivity contribution in [3.63, 3.8) is 0 Å². The van der Waals surface area contributed by atoms with Gasteiger partial charge in [-0.15, -0.1) is 0 Å². The molecule has 2 N–H and O–H groups in total. The fourth-order valence-corrected chi connectivity index (χ4v) is 1.74. The highest BCUT2D eigenvalue weighted by molar-refractivity contribution is 5.26. The summed E-state index contributed by atoms with van der Waals surface area (Å²) < 4.78 is 5.10. The maximum atomic E-state index is 6.07. The molecule has 0 radical (unpaired) electrons. The molecule has 0 bridgehead atoms. The molecule has 0 aromatic heterocycles. The summed E-state index contributed by atoms with van der Waals surface area (Å²) >= 11 is 0. The molecule has 1 aromatic carbocycles. The van der Waals surface area contributed by atoms with E-state index >= 15 is 0 Å². The summed E-state index contributed by atoms with van der Waals surface area (Å²) in [5.41, 5.74) is 8.74. The lowest BCUT2D eigenvalue weighted by molar-refractivity contribution is 0.185.